The molecule has 8 heteroatoms. The zero-order valence-electron chi connectivity index (χ0n) is 13.1. The molecule has 1 aromatic carbocycles. The second-order valence-corrected chi connectivity index (χ2v) is 5.87. The van der Waals surface area contributed by atoms with E-state index in [4.69, 9.17) is 5.11 Å². The van der Waals surface area contributed by atoms with Crippen molar-refractivity contribution in [2.24, 2.45) is 0 Å². The average Bonchev–Trinajstić information content (AvgIpc) is 3.34. The Labute approximate surface area is 137 Å². The van der Waals surface area contributed by atoms with Gasteiger partial charge in [-0.1, -0.05) is 12.1 Å². The number of carbonyl (C=O) groups excluding carboxylic acids is 1. The molecular weight excluding hydrogens is 325 g/mol. The zero-order chi connectivity index (χ0) is 17.9. The van der Waals surface area contributed by atoms with Crippen molar-refractivity contribution in [3.05, 3.63) is 35.4 Å². The van der Waals surface area contributed by atoms with Crippen LogP contribution in [0.15, 0.2) is 24.3 Å². The van der Waals surface area contributed by atoms with Crippen molar-refractivity contribution >= 4 is 11.9 Å². The second-order valence-electron chi connectivity index (χ2n) is 5.87. The summed E-state index contributed by atoms with van der Waals surface area (Å²) in [5.41, 5.74) is -0.249. The normalized spacial score (nSPS) is 16.0. The molecule has 24 heavy (non-hydrogen) atoms. The standard InChI is InChI=1S/C16H19F3N2O3/c1-10(11-3-2-4-12(7-11)16(17,18)19)21(13-5-6-13)9-14(22)20-8-15(23)24/h2-4,7,10,13H,5-6,8-9H2,1H3,(H,20,22)(H,23,24). The summed E-state index contributed by atoms with van der Waals surface area (Å²) in [5.74, 6) is -1.60. The minimum Gasteiger partial charge on any atom is -0.480 e. The quantitative estimate of drug-likeness (QED) is 0.797. The van der Waals surface area contributed by atoms with Gasteiger partial charge in [0.2, 0.25) is 5.91 Å². The molecule has 1 aliphatic rings. The van der Waals surface area contributed by atoms with Gasteiger partial charge in [0.25, 0.3) is 0 Å². The number of alkyl halides is 3. The highest BCUT2D eigenvalue weighted by Gasteiger charge is 2.35. The number of nitrogens with zero attached hydrogens (tertiary/aromatic N) is 1. The number of carboxylic acid groups (broad SMARTS) is 1. The van der Waals surface area contributed by atoms with Crippen molar-refractivity contribution in [1.82, 2.24) is 10.2 Å². The number of rotatable bonds is 7. The molecule has 1 aromatic rings. The Morgan fingerprint density at radius 2 is 2.04 bits per heavy atom. The lowest BCUT2D eigenvalue weighted by atomic mass is 10.0. The van der Waals surface area contributed by atoms with Crippen LogP contribution in [-0.4, -0.2) is 41.0 Å². The molecule has 0 aliphatic heterocycles. The van der Waals surface area contributed by atoms with Gasteiger partial charge in [-0.2, -0.15) is 13.2 Å². The number of carboxylic acids is 1. The third-order valence-corrected chi connectivity index (χ3v) is 3.97. The van der Waals surface area contributed by atoms with Gasteiger partial charge in [-0.05, 0) is 37.5 Å². The third kappa shape index (κ3) is 4.95. The van der Waals surface area contributed by atoms with E-state index in [9.17, 15) is 22.8 Å². The molecule has 0 heterocycles. The molecule has 5 nitrogen and oxygen atoms in total. The highest BCUT2D eigenvalue weighted by atomic mass is 19.4. The molecule has 1 unspecified atom stereocenters. The molecule has 1 saturated carbocycles. The maximum absolute atomic E-state index is 12.9. The van der Waals surface area contributed by atoms with Crippen molar-refractivity contribution in [3.63, 3.8) is 0 Å². The molecule has 1 amide bonds. The number of carbonyl (C=O) groups is 2. The summed E-state index contributed by atoms with van der Waals surface area (Å²) >= 11 is 0. The topological polar surface area (TPSA) is 69.6 Å². The number of hydrogen-bond acceptors (Lipinski definition) is 3. The van der Waals surface area contributed by atoms with Crippen LogP contribution < -0.4 is 5.32 Å². The Morgan fingerprint density at radius 1 is 1.38 bits per heavy atom. The van der Waals surface area contributed by atoms with Crippen LogP contribution >= 0.6 is 0 Å². The summed E-state index contributed by atoms with van der Waals surface area (Å²) in [6, 6.07) is 4.81. The maximum Gasteiger partial charge on any atom is 0.416 e. The van der Waals surface area contributed by atoms with Gasteiger partial charge >= 0.3 is 12.1 Å². The van der Waals surface area contributed by atoms with E-state index in [-0.39, 0.29) is 18.6 Å². The fourth-order valence-electron chi connectivity index (χ4n) is 2.55. The first kappa shape index (κ1) is 18.3. The monoisotopic (exact) mass is 344 g/mol. The number of nitrogens with one attached hydrogen (secondary N) is 1. The maximum atomic E-state index is 12.9. The highest BCUT2D eigenvalue weighted by molar-refractivity contribution is 5.82. The lowest BCUT2D eigenvalue weighted by molar-refractivity contribution is -0.138. The predicted molar refractivity (Wildman–Crippen MR) is 80.2 cm³/mol. The zero-order valence-corrected chi connectivity index (χ0v) is 13.1. The van der Waals surface area contributed by atoms with Crippen LogP contribution in [-0.2, 0) is 15.8 Å². The molecule has 0 spiro atoms. The summed E-state index contributed by atoms with van der Waals surface area (Å²) in [5, 5.41) is 10.9. The van der Waals surface area contributed by atoms with Crippen LogP contribution in [0.25, 0.3) is 0 Å². The predicted octanol–water partition coefficient (Wildman–Crippen LogP) is 2.43. The Morgan fingerprint density at radius 3 is 2.58 bits per heavy atom. The molecule has 0 saturated heterocycles. The first-order chi connectivity index (χ1) is 11.2. The Balaban J connectivity index is 2.10. The molecule has 0 radical (unpaired) electrons. The van der Waals surface area contributed by atoms with E-state index in [1.807, 2.05) is 4.90 Å². The molecule has 0 aromatic heterocycles. The Hall–Kier alpha value is -2.09. The Kier molecular flexibility index (Phi) is 5.48. The van der Waals surface area contributed by atoms with Gasteiger partial charge in [0.05, 0.1) is 12.1 Å². The van der Waals surface area contributed by atoms with Crippen molar-refractivity contribution in [2.75, 3.05) is 13.1 Å². The summed E-state index contributed by atoms with van der Waals surface area (Å²) in [4.78, 5) is 24.2. The van der Waals surface area contributed by atoms with Crippen molar-refractivity contribution < 1.29 is 27.9 Å². The van der Waals surface area contributed by atoms with Crippen molar-refractivity contribution in [2.45, 2.75) is 38.0 Å². The smallest absolute Gasteiger partial charge is 0.416 e. The molecule has 0 bridgehead atoms. The average molecular weight is 344 g/mol. The molecule has 1 aliphatic carbocycles. The number of amides is 1. The van der Waals surface area contributed by atoms with Crippen molar-refractivity contribution in [1.29, 1.82) is 0 Å². The SMILES string of the molecule is CC(c1cccc(C(F)(F)F)c1)N(CC(=O)NCC(=O)O)C1CC1. The largest absolute Gasteiger partial charge is 0.480 e. The summed E-state index contributed by atoms with van der Waals surface area (Å²) in [6.45, 7) is 1.23. The second kappa shape index (κ2) is 7.21. The van der Waals surface area contributed by atoms with E-state index in [2.05, 4.69) is 5.32 Å². The fraction of sp³-hybridized carbons (Fsp3) is 0.500. The highest BCUT2D eigenvalue weighted by Crippen LogP contribution is 2.36. The van der Waals surface area contributed by atoms with Gasteiger partial charge in [0, 0.05) is 12.1 Å². The van der Waals surface area contributed by atoms with E-state index in [0.717, 1.165) is 25.0 Å². The van der Waals surface area contributed by atoms with E-state index in [1.54, 1.807) is 13.0 Å². The summed E-state index contributed by atoms with van der Waals surface area (Å²) in [6.07, 6.45) is -2.68. The van der Waals surface area contributed by atoms with E-state index in [0.29, 0.717) is 5.56 Å². The first-order valence-corrected chi connectivity index (χ1v) is 7.60. The van der Waals surface area contributed by atoms with Crippen LogP contribution in [0.4, 0.5) is 13.2 Å². The molecule has 2 rings (SSSR count). The molecule has 1 fully saturated rings. The van der Waals surface area contributed by atoms with Gasteiger partial charge in [-0.25, -0.2) is 0 Å². The minimum absolute atomic E-state index is 0.0463. The van der Waals surface area contributed by atoms with Gasteiger partial charge in [-0.3, -0.25) is 14.5 Å². The Bertz CT molecular complexity index is 615. The van der Waals surface area contributed by atoms with E-state index < -0.39 is 30.2 Å². The fourth-order valence-corrected chi connectivity index (χ4v) is 2.55. The number of halogens is 3. The summed E-state index contributed by atoms with van der Waals surface area (Å²) in [7, 11) is 0. The molecule has 1 atom stereocenters. The number of aliphatic carboxylic acids is 1. The van der Waals surface area contributed by atoms with Crippen LogP contribution in [0, 0.1) is 0 Å². The van der Waals surface area contributed by atoms with Gasteiger partial charge in [0.15, 0.2) is 0 Å². The van der Waals surface area contributed by atoms with Gasteiger partial charge < -0.3 is 10.4 Å². The molecular formula is C16H19F3N2O3. The number of hydrogen-bond donors (Lipinski definition) is 2. The van der Waals surface area contributed by atoms with Gasteiger partial charge in [0.1, 0.15) is 6.54 Å². The van der Waals surface area contributed by atoms with Gasteiger partial charge in [-0.15, -0.1) is 0 Å². The van der Waals surface area contributed by atoms with Crippen LogP contribution in [0.5, 0.6) is 0 Å². The van der Waals surface area contributed by atoms with E-state index in [1.165, 1.54) is 6.07 Å². The molecule has 2 N–H and O–H groups in total. The lowest BCUT2D eigenvalue weighted by Crippen LogP contribution is -2.41. The first-order valence-electron chi connectivity index (χ1n) is 7.60. The summed E-state index contributed by atoms with van der Waals surface area (Å²) < 4.78 is 38.6. The number of benzene rings is 1. The van der Waals surface area contributed by atoms with Crippen LogP contribution in [0.1, 0.15) is 36.9 Å². The van der Waals surface area contributed by atoms with Crippen LogP contribution in [0.2, 0.25) is 0 Å². The van der Waals surface area contributed by atoms with E-state index >= 15 is 0 Å². The van der Waals surface area contributed by atoms with Crippen LogP contribution in [0.3, 0.4) is 0 Å². The molecule has 132 valence electrons. The lowest BCUT2D eigenvalue weighted by Gasteiger charge is -2.29. The third-order valence-electron chi connectivity index (χ3n) is 3.97. The minimum atomic E-state index is -4.42. The van der Waals surface area contributed by atoms with Crippen molar-refractivity contribution in [3.8, 4) is 0 Å².